The van der Waals surface area contributed by atoms with Gasteiger partial charge in [0.25, 0.3) is 17.7 Å². The van der Waals surface area contributed by atoms with Gasteiger partial charge in [-0.1, -0.05) is 12.1 Å². The third-order valence-corrected chi connectivity index (χ3v) is 6.95. The number of hydrogen-bond acceptors (Lipinski definition) is 7. The van der Waals surface area contributed by atoms with E-state index >= 15 is 0 Å². The van der Waals surface area contributed by atoms with Crippen molar-refractivity contribution in [1.82, 2.24) is 10.6 Å². The highest BCUT2D eigenvalue weighted by Gasteiger charge is 2.26. The average Bonchev–Trinajstić information content (AvgIpc) is 3.47. The van der Waals surface area contributed by atoms with Crippen molar-refractivity contribution in [3.8, 4) is 5.75 Å². The molecule has 0 fully saturated rings. The van der Waals surface area contributed by atoms with Crippen LogP contribution < -0.4 is 15.5 Å². The van der Waals surface area contributed by atoms with Crippen LogP contribution in [0.3, 0.4) is 0 Å². The van der Waals surface area contributed by atoms with Crippen molar-refractivity contribution in [1.29, 1.82) is 0 Å². The molecule has 0 aliphatic rings. The number of anilines is 1. The summed E-state index contributed by atoms with van der Waals surface area (Å²) in [6.45, 7) is 3.49. The minimum Gasteiger partial charge on any atom is -0.508 e. The van der Waals surface area contributed by atoms with Crippen molar-refractivity contribution in [3.05, 3.63) is 68.0 Å². The first-order valence-electron chi connectivity index (χ1n) is 10.3. The number of carboxylic acids is 1. The average molecular weight is 502 g/mol. The van der Waals surface area contributed by atoms with Gasteiger partial charge in [-0.15, -0.1) is 22.7 Å². The van der Waals surface area contributed by atoms with Gasteiger partial charge in [0.2, 0.25) is 0 Å². The topological polar surface area (TPSA) is 136 Å². The molecule has 0 bridgehead atoms. The van der Waals surface area contributed by atoms with Crippen LogP contribution in [0.5, 0.6) is 5.75 Å². The highest BCUT2D eigenvalue weighted by molar-refractivity contribution is 7.16. The summed E-state index contributed by atoms with van der Waals surface area (Å²) in [5.74, 6) is -2.70. The number of carboxylic acid groups (broad SMARTS) is 1. The molecule has 3 rings (SSSR count). The molecule has 0 aliphatic heterocycles. The first-order valence-corrected chi connectivity index (χ1v) is 12.0. The lowest BCUT2D eigenvalue weighted by molar-refractivity contribution is -0.139. The number of carbonyl (C=O) groups excluding carboxylic acids is 3. The smallest absolute Gasteiger partial charge is 0.328 e. The van der Waals surface area contributed by atoms with E-state index in [1.807, 2.05) is 0 Å². The number of carbonyl (C=O) groups is 4. The van der Waals surface area contributed by atoms with Crippen LogP contribution in [0.4, 0.5) is 5.69 Å². The summed E-state index contributed by atoms with van der Waals surface area (Å²) in [5.41, 5.74) is 1.03. The molecule has 0 unspecified atom stereocenters. The second-order valence-corrected chi connectivity index (χ2v) is 9.24. The fraction of sp³-hybridized carbons (Fsp3) is 0.217. The molecular weight excluding hydrogens is 478 g/mol. The van der Waals surface area contributed by atoms with Crippen molar-refractivity contribution < 1.29 is 29.4 Å². The second kappa shape index (κ2) is 10.9. The van der Waals surface area contributed by atoms with Gasteiger partial charge in [0.05, 0.1) is 14.6 Å². The molecule has 178 valence electrons. The van der Waals surface area contributed by atoms with E-state index in [1.54, 1.807) is 49.6 Å². The summed E-state index contributed by atoms with van der Waals surface area (Å²) in [6.07, 6.45) is 0. The number of aliphatic carboxylic acids is 1. The van der Waals surface area contributed by atoms with Gasteiger partial charge in [0.1, 0.15) is 11.8 Å². The Morgan fingerprint density at radius 2 is 1.82 bits per heavy atom. The van der Waals surface area contributed by atoms with Gasteiger partial charge in [-0.2, -0.15) is 0 Å². The lowest BCUT2D eigenvalue weighted by atomic mass is 10.2. The van der Waals surface area contributed by atoms with Crippen LogP contribution in [0.2, 0.25) is 0 Å². The van der Waals surface area contributed by atoms with E-state index in [1.165, 1.54) is 28.4 Å². The zero-order chi connectivity index (χ0) is 24.8. The monoisotopic (exact) mass is 501 g/mol. The van der Waals surface area contributed by atoms with E-state index in [-0.39, 0.29) is 23.1 Å². The van der Waals surface area contributed by atoms with Crippen molar-refractivity contribution in [2.45, 2.75) is 19.9 Å². The Morgan fingerprint density at radius 1 is 1.06 bits per heavy atom. The van der Waals surface area contributed by atoms with Crippen LogP contribution in [-0.4, -0.2) is 53.0 Å². The summed E-state index contributed by atoms with van der Waals surface area (Å²) >= 11 is 2.17. The maximum absolute atomic E-state index is 13.1. The molecule has 2 aromatic heterocycles. The van der Waals surface area contributed by atoms with Gasteiger partial charge in [-0.05, 0) is 49.1 Å². The quantitative estimate of drug-likeness (QED) is 0.356. The fourth-order valence-electron chi connectivity index (χ4n) is 3.16. The van der Waals surface area contributed by atoms with E-state index < -0.39 is 23.8 Å². The Morgan fingerprint density at radius 3 is 2.44 bits per heavy atom. The van der Waals surface area contributed by atoms with Gasteiger partial charge < -0.3 is 25.7 Å². The number of aryl methyl sites for hydroxylation is 1. The van der Waals surface area contributed by atoms with Crippen molar-refractivity contribution in [3.63, 3.8) is 0 Å². The maximum atomic E-state index is 13.1. The molecule has 9 nitrogen and oxygen atoms in total. The molecule has 1 atom stereocenters. The maximum Gasteiger partial charge on any atom is 0.328 e. The number of amides is 3. The number of nitrogens with zero attached hydrogens (tertiary/aromatic N) is 1. The molecule has 11 heteroatoms. The molecule has 0 radical (unpaired) electrons. The Hall–Kier alpha value is -3.70. The minimum absolute atomic E-state index is 0.0251. The number of benzene rings is 1. The Kier molecular flexibility index (Phi) is 8.03. The molecular formula is C23H23N3O6S2. The Balaban J connectivity index is 1.72. The van der Waals surface area contributed by atoms with Crippen molar-refractivity contribution in [2.75, 3.05) is 18.0 Å². The number of nitrogens with one attached hydrogen (secondary N) is 2. The normalized spacial score (nSPS) is 11.5. The third-order valence-electron chi connectivity index (χ3n) is 4.85. The number of thiophene rings is 2. The Bertz CT molecular complexity index is 1210. The van der Waals surface area contributed by atoms with Crippen molar-refractivity contribution >= 4 is 52.1 Å². The summed E-state index contributed by atoms with van der Waals surface area (Å²) in [4.78, 5) is 52.0. The molecule has 34 heavy (non-hydrogen) atoms. The molecule has 3 amide bonds. The molecule has 3 aromatic rings. The first kappa shape index (κ1) is 24.9. The SMILES string of the molecule is CCN(C(=O)c1cc(C)c(C(=O)N[C@@H](CNC(=O)c2cccs2)C(=O)O)s1)c1cccc(O)c1. The van der Waals surface area contributed by atoms with E-state index in [0.717, 1.165) is 11.3 Å². The predicted molar refractivity (Wildman–Crippen MR) is 130 cm³/mol. The van der Waals surface area contributed by atoms with Crippen LogP contribution in [0.25, 0.3) is 0 Å². The molecule has 0 aliphatic carbocycles. The molecule has 0 spiro atoms. The zero-order valence-electron chi connectivity index (χ0n) is 18.4. The Labute approximate surface area is 203 Å². The van der Waals surface area contributed by atoms with Gasteiger partial charge in [-0.3, -0.25) is 14.4 Å². The molecule has 2 heterocycles. The summed E-state index contributed by atoms with van der Waals surface area (Å²) in [7, 11) is 0. The molecule has 0 saturated heterocycles. The van der Waals surface area contributed by atoms with E-state index in [4.69, 9.17) is 0 Å². The van der Waals surface area contributed by atoms with Gasteiger partial charge >= 0.3 is 5.97 Å². The van der Waals surface area contributed by atoms with E-state index in [0.29, 0.717) is 27.5 Å². The minimum atomic E-state index is -1.35. The number of aromatic hydroxyl groups is 1. The molecule has 4 N–H and O–H groups in total. The van der Waals surface area contributed by atoms with Gasteiger partial charge in [0.15, 0.2) is 0 Å². The molecule has 0 saturated carbocycles. The summed E-state index contributed by atoms with van der Waals surface area (Å²) < 4.78 is 0. The standard InChI is InChI=1S/C23H23N3O6S2/c1-3-26(14-6-4-7-15(27)11-14)22(30)18-10-13(2)19(34-18)21(29)25-16(23(31)32)12-24-20(28)17-8-5-9-33-17/h4-11,16,27H,3,12H2,1-2H3,(H,24,28)(H,25,29)(H,31,32)/t16-/m0/s1. The second-order valence-electron chi connectivity index (χ2n) is 7.24. The first-order chi connectivity index (χ1) is 16.2. The van der Waals surface area contributed by atoms with Crippen LogP contribution in [0.1, 0.15) is 41.5 Å². The number of phenols is 1. The highest BCUT2D eigenvalue weighted by atomic mass is 32.1. The van der Waals surface area contributed by atoms with Gasteiger partial charge in [0, 0.05) is 24.8 Å². The number of hydrogen-bond donors (Lipinski definition) is 4. The fourth-order valence-corrected chi connectivity index (χ4v) is 4.83. The number of rotatable bonds is 9. The zero-order valence-corrected chi connectivity index (χ0v) is 20.0. The van der Waals surface area contributed by atoms with Crippen LogP contribution in [0, 0.1) is 6.92 Å². The third kappa shape index (κ3) is 5.80. The van der Waals surface area contributed by atoms with Crippen molar-refractivity contribution in [2.24, 2.45) is 0 Å². The molecule has 1 aromatic carbocycles. The van der Waals surface area contributed by atoms with Crippen LogP contribution in [0.15, 0.2) is 47.8 Å². The highest BCUT2D eigenvalue weighted by Crippen LogP contribution is 2.27. The predicted octanol–water partition coefficient (Wildman–Crippen LogP) is 3.10. The summed E-state index contributed by atoms with van der Waals surface area (Å²) in [5, 5.41) is 25.9. The van der Waals surface area contributed by atoms with Crippen LogP contribution in [-0.2, 0) is 4.79 Å². The lowest BCUT2D eigenvalue weighted by Crippen LogP contribution is -2.48. The van der Waals surface area contributed by atoms with Crippen LogP contribution >= 0.6 is 22.7 Å². The summed E-state index contributed by atoms with van der Waals surface area (Å²) in [6, 6.07) is 9.82. The lowest BCUT2D eigenvalue weighted by Gasteiger charge is -2.20. The number of phenolic OH excluding ortho intramolecular Hbond substituents is 1. The largest absolute Gasteiger partial charge is 0.508 e. The van der Waals surface area contributed by atoms with E-state index in [2.05, 4.69) is 10.6 Å². The van der Waals surface area contributed by atoms with E-state index in [9.17, 15) is 29.4 Å². The van der Waals surface area contributed by atoms with Gasteiger partial charge in [-0.25, -0.2) is 4.79 Å².